The number of aromatic nitrogens is 2. The second-order valence-electron chi connectivity index (χ2n) is 7.95. The molecule has 34 heavy (non-hydrogen) atoms. The molecular weight excluding hydrogens is 468 g/mol. The maximum Gasteiger partial charge on any atom is 0.326 e. The van der Waals surface area contributed by atoms with Gasteiger partial charge in [-0.05, 0) is 24.3 Å². The number of hydrogen-bond donors (Lipinski definition) is 7. The van der Waals surface area contributed by atoms with Gasteiger partial charge in [-0.25, -0.2) is 9.78 Å². The normalized spacial score (nSPS) is 14.5. The summed E-state index contributed by atoms with van der Waals surface area (Å²) in [5.74, 6) is -4.78. The Morgan fingerprint density at radius 3 is 2.12 bits per heavy atom. The largest absolute Gasteiger partial charge is 0.481 e. The van der Waals surface area contributed by atoms with Crippen LogP contribution in [-0.4, -0.2) is 86.0 Å². The van der Waals surface area contributed by atoms with Crippen molar-refractivity contribution in [2.45, 2.75) is 57.3 Å². The number of nitrogens with one attached hydrogen (secondary N) is 4. The Kier molecular flexibility index (Phi) is 12.1. The number of hydrogen-bond acceptors (Lipinski definition) is 8. The molecule has 0 spiro atoms. The van der Waals surface area contributed by atoms with E-state index in [1.807, 2.05) is 0 Å². The van der Waals surface area contributed by atoms with E-state index >= 15 is 0 Å². The van der Waals surface area contributed by atoms with Gasteiger partial charge in [0, 0.05) is 18.3 Å². The number of carbonyl (C=O) groups is 5. The molecule has 0 aromatic carbocycles. The van der Waals surface area contributed by atoms with Gasteiger partial charge in [0.15, 0.2) is 0 Å². The van der Waals surface area contributed by atoms with E-state index < -0.39 is 60.2 Å². The molecule has 190 valence electrons. The SMILES string of the molecule is CSCCC(NC(=O)C(CC(=O)O)NC(=O)C(N)C(C)C)C(=O)NC(Cc1cnc[nH]1)C(=O)O. The van der Waals surface area contributed by atoms with Crippen LogP contribution in [0.3, 0.4) is 0 Å². The highest BCUT2D eigenvalue weighted by atomic mass is 32.2. The van der Waals surface area contributed by atoms with Crippen LogP contribution in [0.2, 0.25) is 0 Å². The van der Waals surface area contributed by atoms with Gasteiger partial charge in [0.1, 0.15) is 18.1 Å². The number of H-pyrrole nitrogens is 1. The maximum absolute atomic E-state index is 12.8. The molecule has 13 nitrogen and oxygen atoms in total. The van der Waals surface area contributed by atoms with E-state index in [4.69, 9.17) is 10.8 Å². The van der Waals surface area contributed by atoms with Crippen LogP contribution in [0.15, 0.2) is 12.5 Å². The Labute approximate surface area is 201 Å². The van der Waals surface area contributed by atoms with Gasteiger partial charge in [-0.15, -0.1) is 0 Å². The third kappa shape index (κ3) is 9.79. The second-order valence-corrected chi connectivity index (χ2v) is 8.94. The number of aliphatic carboxylic acids is 2. The molecule has 0 saturated carbocycles. The molecule has 14 heteroatoms. The van der Waals surface area contributed by atoms with Crippen LogP contribution in [0, 0.1) is 5.92 Å². The van der Waals surface area contributed by atoms with E-state index in [0.717, 1.165) is 0 Å². The summed E-state index contributed by atoms with van der Waals surface area (Å²) in [6.45, 7) is 3.39. The molecule has 3 amide bonds. The van der Waals surface area contributed by atoms with Crippen LogP contribution in [0.5, 0.6) is 0 Å². The maximum atomic E-state index is 12.8. The van der Waals surface area contributed by atoms with Crippen LogP contribution < -0.4 is 21.7 Å². The summed E-state index contributed by atoms with van der Waals surface area (Å²) < 4.78 is 0. The van der Waals surface area contributed by atoms with Gasteiger partial charge in [0.25, 0.3) is 0 Å². The Bertz CT molecular complexity index is 848. The van der Waals surface area contributed by atoms with Crippen molar-refractivity contribution in [1.82, 2.24) is 25.9 Å². The van der Waals surface area contributed by atoms with Crippen molar-refractivity contribution in [2.24, 2.45) is 11.7 Å². The molecule has 0 saturated heterocycles. The first-order valence-electron chi connectivity index (χ1n) is 10.5. The number of imidazole rings is 1. The average Bonchev–Trinajstić information content (AvgIpc) is 3.27. The summed E-state index contributed by atoms with van der Waals surface area (Å²) in [6, 6.07) is -4.88. The molecular formula is C20H32N6O7S. The number of rotatable bonds is 15. The lowest BCUT2D eigenvalue weighted by Crippen LogP contribution is -2.58. The zero-order valence-electron chi connectivity index (χ0n) is 19.2. The number of carboxylic acid groups (broad SMARTS) is 2. The molecule has 0 fully saturated rings. The summed E-state index contributed by atoms with van der Waals surface area (Å²) in [7, 11) is 0. The summed E-state index contributed by atoms with van der Waals surface area (Å²) in [5.41, 5.74) is 6.26. The van der Waals surface area contributed by atoms with Crippen LogP contribution in [0.4, 0.5) is 0 Å². The summed E-state index contributed by atoms with van der Waals surface area (Å²) >= 11 is 1.40. The Balaban J connectivity index is 2.97. The van der Waals surface area contributed by atoms with Crippen molar-refractivity contribution < 1.29 is 34.2 Å². The number of nitrogens with zero attached hydrogens (tertiary/aromatic N) is 1. The second kappa shape index (κ2) is 14.2. The van der Waals surface area contributed by atoms with Gasteiger partial charge in [0.05, 0.1) is 18.8 Å². The Hall–Kier alpha value is -3.13. The first-order chi connectivity index (χ1) is 16.0. The van der Waals surface area contributed by atoms with E-state index in [1.165, 1.54) is 24.3 Å². The molecule has 0 aliphatic rings. The number of carboxylic acids is 2. The summed E-state index contributed by atoms with van der Waals surface area (Å²) in [5, 5.41) is 25.8. The zero-order valence-corrected chi connectivity index (χ0v) is 20.1. The fourth-order valence-electron chi connectivity index (χ4n) is 2.82. The quantitative estimate of drug-likeness (QED) is 0.151. The van der Waals surface area contributed by atoms with E-state index in [9.17, 15) is 29.1 Å². The number of amides is 3. The molecule has 4 unspecified atom stereocenters. The van der Waals surface area contributed by atoms with Gasteiger partial charge in [0.2, 0.25) is 17.7 Å². The molecule has 0 radical (unpaired) electrons. The van der Waals surface area contributed by atoms with Gasteiger partial charge >= 0.3 is 11.9 Å². The van der Waals surface area contributed by atoms with Crippen molar-refractivity contribution in [3.63, 3.8) is 0 Å². The minimum absolute atomic E-state index is 0.0605. The lowest BCUT2D eigenvalue weighted by atomic mass is 10.0. The molecule has 1 aromatic heterocycles. The van der Waals surface area contributed by atoms with Crippen molar-refractivity contribution in [3.8, 4) is 0 Å². The van der Waals surface area contributed by atoms with Crippen LogP contribution in [0.25, 0.3) is 0 Å². The molecule has 0 aliphatic carbocycles. The molecule has 8 N–H and O–H groups in total. The monoisotopic (exact) mass is 500 g/mol. The summed E-state index contributed by atoms with van der Waals surface area (Å²) in [6.07, 6.45) is 3.95. The highest BCUT2D eigenvalue weighted by Crippen LogP contribution is 2.06. The van der Waals surface area contributed by atoms with E-state index in [0.29, 0.717) is 11.4 Å². The van der Waals surface area contributed by atoms with Crippen LogP contribution in [-0.2, 0) is 30.4 Å². The molecule has 1 rings (SSSR count). The highest BCUT2D eigenvalue weighted by molar-refractivity contribution is 7.98. The Morgan fingerprint density at radius 1 is 1.03 bits per heavy atom. The van der Waals surface area contributed by atoms with Crippen molar-refractivity contribution >= 4 is 41.4 Å². The first-order valence-corrected chi connectivity index (χ1v) is 11.9. The molecule has 4 atom stereocenters. The van der Waals surface area contributed by atoms with Gasteiger partial charge in [-0.3, -0.25) is 19.2 Å². The molecule has 1 heterocycles. The molecule has 0 bridgehead atoms. The zero-order chi connectivity index (χ0) is 25.8. The number of nitrogens with two attached hydrogens (primary N) is 1. The fourth-order valence-corrected chi connectivity index (χ4v) is 3.29. The Morgan fingerprint density at radius 2 is 1.62 bits per heavy atom. The van der Waals surface area contributed by atoms with Gasteiger partial charge in [-0.2, -0.15) is 11.8 Å². The predicted molar refractivity (Wildman–Crippen MR) is 124 cm³/mol. The summed E-state index contributed by atoms with van der Waals surface area (Å²) in [4.78, 5) is 67.4. The lowest BCUT2D eigenvalue weighted by Gasteiger charge is -2.25. The van der Waals surface area contributed by atoms with E-state index in [-0.39, 0.29) is 18.8 Å². The smallest absolute Gasteiger partial charge is 0.326 e. The van der Waals surface area contributed by atoms with Gasteiger partial charge < -0.3 is 36.9 Å². The highest BCUT2D eigenvalue weighted by Gasteiger charge is 2.31. The molecule has 0 aliphatic heterocycles. The standard InChI is InChI=1S/C20H32N6O7S/c1-10(2)16(21)19(31)25-13(7-15(27)28)18(30)24-12(4-5-34-3)17(29)26-14(20(32)33)6-11-8-22-9-23-11/h8-10,12-14,16H,4-7,21H2,1-3H3,(H,22,23)(H,24,30)(H,25,31)(H,26,29)(H,27,28)(H,32,33). The minimum atomic E-state index is -1.47. The van der Waals surface area contributed by atoms with Crippen molar-refractivity contribution in [1.29, 1.82) is 0 Å². The van der Waals surface area contributed by atoms with E-state index in [1.54, 1.807) is 20.1 Å². The first kappa shape index (κ1) is 28.9. The number of carbonyl (C=O) groups excluding carboxylic acids is 3. The topological polar surface area (TPSA) is 217 Å². The number of thioether (sulfide) groups is 1. The minimum Gasteiger partial charge on any atom is -0.481 e. The predicted octanol–water partition coefficient (Wildman–Crippen LogP) is -1.30. The van der Waals surface area contributed by atoms with Gasteiger partial charge in [-0.1, -0.05) is 13.8 Å². The van der Waals surface area contributed by atoms with Crippen LogP contribution in [0.1, 0.15) is 32.4 Å². The average molecular weight is 501 g/mol. The van der Waals surface area contributed by atoms with Crippen LogP contribution >= 0.6 is 11.8 Å². The molecule has 1 aromatic rings. The lowest BCUT2D eigenvalue weighted by molar-refractivity contribution is -0.143. The number of aromatic amines is 1. The third-order valence-corrected chi connectivity index (χ3v) is 5.51. The third-order valence-electron chi connectivity index (χ3n) is 4.87. The fraction of sp³-hybridized carbons (Fsp3) is 0.600. The van der Waals surface area contributed by atoms with E-state index in [2.05, 4.69) is 25.9 Å². The van der Waals surface area contributed by atoms with Crippen molar-refractivity contribution in [2.75, 3.05) is 12.0 Å². The van der Waals surface area contributed by atoms with Crippen molar-refractivity contribution in [3.05, 3.63) is 18.2 Å².